The Balaban J connectivity index is 1.58. The molecule has 3 heterocycles. The van der Waals surface area contributed by atoms with Crippen LogP contribution in [0.25, 0.3) is 5.57 Å². The molecule has 0 bridgehead atoms. The summed E-state index contributed by atoms with van der Waals surface area (Å²) in [4.78, 5) is 37.6. The van der Waals surface area contributed by atoms with Crippen LogP contribution in [0.15, 0.2) is 36.7 Å². The second-order valence-electron chi connectivity index (χ2n) is 7.91. The van der Waals surface area contributed by atoms with E-state index in [1.807, 2.05) is 34.1 Å². The molecule has 2 aromatic rings. The largest absolute Gasteiger partial charge is 0.353 e. The zero-order valence-corrected chi connectivity index (χ0v) is 18.7. The van der Waals surface area contributed by atoms with Crippen molar-refractivity contribution in [2.45, 2.75) is 19.8 Å². The molecule has 32 heavy (non-hydrogen) atoms. The van der Waals surface area contributed by atoms with Crippen LogP contribution in [-0.2, 0) is 4.79 Å². The monoisotopic (exact) mass is 456 g/mol. The van der Waals surface area contributed by atoms with Crippen LogP contribution in [0.5, 0.6) is 0 Å². The van der Waals surface area contributed by atoms with E-state index < -0.39 is 4.92 Å². The second kappa shape index (κ2) is 9.52. The van der Waals surface area contributed by atoms with E-state index in [1.54, 1.807) is 11.8 Å². The van der Waals surface area contributed by atoms with E-state index in [2.05, 4.69) is 16.0 Å². The van der Waals surface area contributed by atoms with E-state index in [9.17, 15) is 14.9 Å². The normalized spacial score (nSPS) is 17.1. The van der Waals surface area contributed by atoms with E-state index in [1.165, 1.54) is 11.9 Å². The van der Waals surface area contributed by atoms with Gasteiger partial charge in [-0.2, -0.15) is 0 Å². The van der Waals surface area contributed by atoms with Crippen molar-refractivity contribution < 1.29 is 9.72 Å². The molecule has 0 spiro atoms. The average Bonchev–Trinajstić information content (AvgIpc) is 3.06. The molecule has 2 aliphatic rings. The molecule has 0 unspecified atom stereocenters. The lowest BCUT2D eigenvalue weighted by atomic mass is 9.99. The summed E-state index contributed by atoms with van der Waals surface area (Å²) < 4.78 is 0. The van der Waals surface area contributed by atoms with Gasteiger partial charge in [0.25, 0.3) is 0 Å². The maximum atomic E-state index is 12.1. The molecule has 10 heteroatoms. The Hall–Kier alpha value is -3.20. The van der Waals surface area contributed by atoms with Gasteiger partial charge in [0, 0.05) is 51.2 Å². The first-order valence-electron chi connectivity index (χ1n) is 10.6. The molecule has 1 aromatic carbocycles. The van der Waals surface area contributed by atoms with E-state index in [0.29, 0.717) is 55.9 Å². The van der Waals surface area contributed by atoms with Gasteiger partial charge in [0.2, 0.25) is 17.5 Å². The van der Waals surface area contributed by atoms with E-state index >= 15 is 0 Å². The number of benzene rings is 1. The molecule has 1 amide bonds. The number of anilines is 2. The molecule has 0 atom stereocenters. The lowest BCUT2D eigenvalue weighted by molar-refractivity contribution is -0.383. The van der Waals surface area contributed by atoms with Gasteiger partial charge in [-0.05, 0) is 36.1 Å². The Labute approximate surface area is 191 Å². The fourth-order valence-electron chi connectivity index (χ4n) is 4.22. The molecule has 0 aliphatic carbocycles. The third-order valence-corrected chi connectivity index (χ3v) is 6.18. The first-order valence-corrected chi connectivity index (χ1v) is 11.0. The van der Waals surface area contributed by atoms with Gasteiger partial charge in [0.05, 0.1) is 4.92 Å². The number of nitrogens with zero attached hydrogens (tertiary/aromatic N) is 6. The van der Waals surface area contributed by atoms with Crippen molar-refractivity contribution in [1.82, 2.24) is 14.9 Å². The van der Waals surface area contributed by atoms with Crippen molar-refractivity contribution in [3.63, 3.8) is 0 Å². The summed E-state index contributed by atoms with van der Waals surface area (Å²) in [6, 6.07) is 7.69. The van der Waals surface area contributed by atoms with Gasteiger partial charge in [0.15, 0.2) is 0 Å². The van der Waals surface area contributed by atoms with Crippen LogP contribution in [0.3, 0.4) is 0 Å². The molecular weight excluding hydrogens is 432 g/mol. The number of rotatable bonds is 4. The Bertz CT molecular complexity index is 1040. The average molecular weight is 457 g/mol. The van der Waals surface area contributed by atoms with Gasteiger partial charge >= 0.3 is 5.69 Å². The lowest BCUT2D eigenvalue weighted by Gasteiger charge is -2.28. The van der Waals surface area contributed by atoms with Gasteiger partial charge in [0.1, 0.15) is 6.33 Å². The zero-order chi connectivity index (χ0) is 22.7. The van der Waals surface area contributed by atoms with Crippen molar-refractivity contribution in [3.05, 3.63) is 57.4 Å². The lowest BCUT2D eigenvalue weighted by Crippen LogP contribution is -2.34. The minimum atomic E-state index is -0.392. The maximum absolute atomic E-state index is 12.1. The van der Waals surface area contributed by atoms with Crippen LogP contribution < -0.4 is 9.80 Å². The predicted molar refractivity (Wildman–Crippen MR) is 124 cm³/mol. The van der Waals surface area contributed by atoms with Gasteiger partial charge in [-0.25, -0.2) is 9.97 Å². The summed E-state index contributed by atoms with van der Waals surface area (Å²) in [6.45, 7) is 4.93. The van der Waals surface area contributed by atoms with Crippen LogP contribution in [0, 0.1) is 10.1 Å². The molecule has 1 saturated heterocycles. The standard InChI is InChI=1S/C22H25ClN6O3/c1-16(30)26-9-2-10-27(14-13-26)21-20(29(31)32)22(25-15-24-21)28-11-7-18(8-12-28)17-3-5-19(23)6-4-17/h3-7,15H,2,8-14H2,1H3. The van der Waals surface area contributed by atoms with Crippen molar-refractivity contribution in [3.8, 4) is 0 Å². The highest BCUT2D eigenvalue weighted by atomic mass is 35.5. The SMILES string of the molecule is CC(=O)N1CCCN(c2ncnc(N3CC=C(c4ccc(Cl)cc4)CC3)c2[N+](=O)[O-])CC1. The van der Waals surface area contributed by atoms with Crippen LogP contribution in [0.4, 0.5) is 17.3 Å². The second-order valence-corrected chi connectivity index (χ2v) is 8.34. The summed E-state index contributed by atoms with van der Waals surface area (Å²) in [5, 5.41) is 12.8. The molecule has 9 nitrogen and oxygen atoms in total. The van der Waals surface area contributed by atoms with Crippen LogP contribution in [0.1, 0.15) is 25.3 Å². The zero-order valence-electron chi connectivity index (χ0n) is 17.9. The predicted octanol–water partition coefficient (Wildman–Crippen LogP) is 3.39. The number of amides is 1. The maximum Gasteiger partial charge on any atom is 0.353 e. The van der Waals surface area contributed by atoms with Gasteiger partial charge in [-0.15, -0.1) is 0 Å². The summed E-state index contributed by atoms with van der Waals surface area (Å²) in [6.07, 6.45) is 4.95. The van der Waals surface area contributed by atoms with Gasteiger partial charge < -0.3 is 14.7 Å². The molecule has 1 aromatic heterocycles. The van der Waals surface area contributed by atoms with E-state index in [0.717, 1.165) is 18.4 Å². The molecule has 2 aliphatic heterocycles. The Morgan fingerprint density at radius 1 is 1.03 bits per heavy atom. The Morgan fingerprint density at radius 2 is 1.75 bits per heavy atom. The van der Waals surface area contributed by atoms with Crippen molar-refractivity contribution >= 4 is 40.4 Å². The van der Waals surface area contributed by atoms with E-state index in [-0.39, 0.29) is 11.6 Å². The third-order valence-electron chi connectivity index (χ3n) is 5.93. The molecule has 168 valence electrons. The minimum Gasteiger partial charge on any atom is -0.349 e. The first-order chi connectivity index (χ1) is 15.4. The number of aromatic nitrogens is 2. The van der Waals surface area contributed by atoms with E-state index in [4.69, 9.17) is 11.6 Å². The van der Waals surface area contributed by atoms with Crippen LogP contribution in [-0.4, -0.2) is 65.0 Å². The summed E-state index contributed by atoms with van der Waals surface area (Å²) in [5.41, 5.74) is 2.21. The number of hydrogen-bond acceptors (Lipinski definition) is 7. The van der Waals surface area contributed by atoms with Crippen LogP contribution >= 0.6 is 11.6 Å². The fourth-order valence-corrected chi connectivity index (χ4v) is 4.34. The van der Waals surface area contributed by atoms with Crippen molar-refractivity contribution in [1.29, 1.82) is 0 Å². The summed E-state index contributed by atoms with van der Waals surface area (Å²) >= 11 is 5.98. The van der Waals surface area contributed by atoms with Crippen molar-refractivity contribution in [2.75, 3.05) is 49.1 Å². The molecule has 0 radical (unpaired) electrons. The minimum absolute atomic E-state index is 0.0151. The molecule has 1 fully saturated rings. The highest BCUT2D eigenvalue weighted by Gasteiger charge is 2.31. The Morgan fingerprint density at radius 3 is 2.38 bits per heavy atom. The quantitative estimate of drug-likeness (QED) is 0.514. The number of carbonyl (C=O) groups excluding carboxylic acids is 1. The molecular formula is C22H25ClN6O3. The highest BCUT2D eigenvalue weighted by Crippen LogP contribution is 2.36. The number of halogens is 1. The van der Waals surface area contributed by atoms with Crippen molar-refractivity contribution in [2.24, 2.45) is 0 Å². The van der Waals surface area contributed by atoms with Gasteiger partial charge in [-0.1, -0.05) is 29.8 Å². The smallest absolute Gasteiger partial charge is 0.349 e. The number of carbonyl (C=O) groups is 1. The molecule has 0 saturated carbocycles. The summed E-state index contributed by atoms with van der Waals surface area (Å²) in [7, 11) is 0. The molecule has 4 rings (SSSR count). The number of nitro groups is 1. The Kier molecular flexibility index (Phi) is 6.55. The number of hydrogen-bond donors (Lipinski definition) is 0. The molecule has 0 N–H and O–H groups in total. The first kappa shape index (κ1) is 22.0. The fraction of sp³-hybridized carbons (Fsp3) is 0.409. The third kappa shape index (κ3) is 4.67. The van der Waals surface area contributed by atoms with Gasteiger partial charge in [-0.3, -0.25) is 14.9 Å². The highest BCUT2D eigenvalue weighted by molar-refractivity contribution is 6.30. The topological polar surface area (TPSA) is 95.7 Å². The summed E-state index contributed by atoms with van der Waals surface area (Å²) in [5.74, 6) is 0.665. The van der Waals surface area contributed by atoms with Crippen LogP contribution in [0.2, 0.25) is 5.02 Å².